The van der Waals surface area contributed by atoms with E-state index in [1.54, 1.807) is 14.0 Å². The fraction of sp³-hybridized carbons (Fsp3) is 0.174. The van der Waals surface area contributed by atoms with Gasteiger partial charge >= 0.3 is 5.97 Å². The van der Waals surface area contributed by atoms with Crippen LogP contribution >= 0.6 is 11.3 Å². The Hall–Kier alpha value is -3.45. The van der Waals surface area contributed by atoms with Crippen molar-refractivity contribution in [3.05, 3.63) is 76.3 Å². The van der Waals surface area contributed by atoms with Gasteiger partial charge in [0.15, 0.2) is 6.10 Å². The van der Waals surface area contributed by atoms with Crippen LogP contribution < -0.4 is 4.74 Å². The number of carbonyl (C=O) groups excluding carboxylic acids is 1. The van der Waals surface area contributed by atoms with Crippen LogP contribution in [0.5, 0.6) is 5.75 Å². The van der Waals surface area contributed by atoms with E-state index in [0.717, 1.165) is 28.0 Å². The lowest BCUT2D eigenvalue weighted by atomic mass is 10.1. The number of rotatable bonds is 6. The van der Waals surface area contributed by atoms with Crippen LogP contribution in [0.4, 0.5) is 0 Å². The molecule has 0 N–H and O–H groups in total. The molecule has 1 unspecified atom stereocenters. The summed E-state index contributed by atoms with van der Waals surface area (Å²) < 4.78 is 16.5. The predicted octanol–water partition coefficient (Wildman–Crippen LogP) is 5.70. The van der Waals surface area contributed by atoms with E-state index in [4.69, 9.17) is 13.9 Å². The Morgan fingerprint density at radius 3 is 2.40 bits per heavy atom. The van der Waals surface area contributed by atoms with Crippen LogP contribution in [0.15, 0.2) is 64.4 Å². The second kappa shape index (κ2) is 8.51. The van der Waals surface area contributed by atoms with Gasteiger partial charge < -0.3 is 13.9 Å². The fourth-order valence-electron chi connectivity index (χ4n) is 2.94. The summed E-state index contributed by atoms with van der Waals surface area (Å²) >= 11 is 1.35. The number of benzene rings is 2. The zero-order valence-corrected chi connectivity index (χ0v) is 17.6. The van der Waals surface area contributed by atoms with E-state index in [9.17, 15) is 4.79 Å². The first-order chi connectivity index (χ1) is 14.5. The lowest BCUT2D eigenvalue weighted by Gasteiger charge is -2.10. The number of aryl methyl sites for hydroxylation is 1. The van der Waals surface area contributed by atoms with E-state index in [0.29, 0.717) is 10.8 Å². The molecule has 4 rings (SSSR count). The van der Waals surface area contributed by atoms with Gasteiger partial charge in [0.1, 0.15) is 10.6 Å². The van der Waals surface area contributed by atoms with Gasteiger partial charge in [0.2, 0.25) is 5.89 Å². The number of carbonyl (C=O) groups is 1. The van der Waals surface area contributed by atoms with E-state index in [-0.39, 0.29) is 5.89 Å². The van der Waals surface area contributed by atoms with Crippen molar-refractivity contribution in [2.75, 3.05) is 7.11 Å². The predicted molar refractivity (Wildman–Crippen MR) is 115 cm³/mol. The quantitative estimate of drug-likeness (QED) is 0.373. The average Bonchev–Trinajstić information content (AvgIpc) is 3.44. The molecular formula is C23H20N2O4S. The minimum Gasteiger partial charge on any atom is -0.497 e. The monoisotopic (exact) mass is 420 g/mol. The third-order valence-corrected chi connectivity index (χ3v) is 5.52. The Bertz CT molecular complexity index is 1150. The Morgan fingerprint density at radius 2 is 1.70 bits per heavy atom. The summed E-state index contributed by atoms with van der Waals surface area (Å²) in [5.74, 6) is 0.910. The number of aromatic nitrogens is 2. The molecule has 4 aromatic rings. The first kappa shape index (κ1) is 19.8. The third-order valence-electron chi connectivity index (χ3n) is 4.62. The van der Waals surface area contributed by atoms with Crippen molar-refractivity contribution >= 4 is 17.3 Å². The highest BCUT2D eigenvalue weighted by Gasteiger charge is 2.23. The molecule has 0 radical (unpaired) electrons. The second-order valence-corrected chi connectivity index (χ2v) is 7.67. The molecule has 2 aromatic heterocycles. The second-order valence-electron chi connectivity index (χ2n) is 6.75. The number of ether oxygens (including phenoxy) is 2. The van der Waals surface area contributed by atoms with Gasteiger partial charge in [-0.3, -0.25) is 0 Å². The first-order valence-electron chi connectivity index (χ1n) is 9.38. The van der Waals surface area contributed by atoms with Gasteiger partial charge in [-0.25, -0.2) is 4.79 Å². The smallest absolute Gasteiger partial charge is 0.349 e. The topological polar surface area (TPSA) is 74.5 Å². The maximum absolute atomic E-state index is 12.8. The van der Waals surface area contributed by atoms with Crippen molar-refractivity contribution in [2.24, 2.45) is 0 Å². The highest BCUT2D eigenvalue weighted by atomic mass is 32.1. The summed E-state index contributed by atoms with van der Waals surface area (Å²) in [5.41, 5.74) is 3.74. The summed E-state index contributed by atoms with van der Waals surface area (Å²) in [6.45, 7) is 3.74. The van der Waals surface area contributed by atoms with Crippen molar-refractivity contribution in [1.82, 2.24) is 10.2 Å². The minimum atomic E-state index is -0.676. The molecule has 0 saturated carbocycles. The molecule has 7 heteroatoms. The van der Waals surface area contributed by atoms with E-state index in [1.165, 1.54) is 11.3 Å². The standard InChI is InChI=1S/C23H20N2O4S/c1-14-4-6-16(7-5-14)19-12-13-30-20(19)23(26)28-15(2)21-24-25-22(29-21)17-8-10-18(27-3)11-9-17/h4-13,15H,1-3H3. The molecule has 30 heavy (non-hydrogen) atoms. The maximum atomic E-state index is 12.8. The molecule has 0 fully saturated rings. The van der Waals surface area contributed by atoms with Gasteiger partial charge in [0.25, 0.3) is 5.89 Å². The number of nitrogens with zero attached hydrogens (tertiary/aromatic N) is 2. The number of hydrogen-bond acceptors (Lipinski definition) is 7. The molecule has 0 aliphatic carbocycles. The zero-order valence-electron chi connectivity index (χ0n) is 16.8. The van der Waals surface area contributed by atoms with Crippen LogP contribution in [0.25, 0.3) is 22.6 Å². The summed E-state index contributed by atoms with van der Waals surface area (Å²) in [4.78, 5) is 13.3. The summed E-state index contributed by atoms with van der Waals surface area (Å²) in [6.07, 6.45) is -0.676. The fourth-order valence-corrected chi connectivity index (χ4v) is 3.74. The van der Waals surface area contributed by atoms with Gasteiger partial charge in [-0.1, -0.05) is 29.8 Å². The molecule has 0 bridgehead atoms. The van der Waals surface area contributed by atoms with Gasteiger partial charge in [-0.2, -0.15) is 0 Å². The lowest BCUT2D eigenvalue weighted by molar-refractivity contribution is 0.0286. The van der Waals surface area contributed by atoms with Crippen LogP contribution in [0.1, 0.15) is 34.2 Å². The Kier molecular flexibility index (Phi) is 5.63. The van der Waals surface area contributed by atoms with Crippen LogP contribution in [0.2, 0.25) is 0 Å². The average molecular weight is 420 g/mol. The summed E-state index contributed by atoms with van der Waals surface area (Å²) in [6, 6.07) is 17.2. The van der Waals surface area contributed by atoms with Crippen molar-refractivity contribution in [3.63, 3.8) is 0 Å². The molecule has 6 nitrogen and oxygen atoms in total. The largest absolute Gasteiger partial charge is 0.497 e. The van der Waals surface area contributed by atoms with Crippen molar-refractivity contribution in [2.45, 2.75) is 20.0 Å². The van der Waals surface area contributed by atoms with Crippen molar-refractivity contribution in [3.8, 4) is 28.3 Å². The molecule has 0 aliphatic rings. The Morgan fingerprint density at radius 1 is 1.00 bits per heavy atom. The SMILES string of the molecule is COc1ccc(-c2nnc(C(C)OC(=O)c3sccc3-c3ccc(C)cc3)o2)cc1. The maximum Gasteiger partial charge on any atom is 0.349 e. The van der Waals surface area contributed by atoms with Crippen molar-refractivity contribution in [1.29, 1.82) is 0 Å². The van der Waals surface area contributed by atoms with Gasteiger partial charge in [-0.15, -0.1) is 21.5 Å². The van der Waals surface area contributed by atoms with Crippen molar-refractivity contribution < 1.29 is 18.7 Å². The molecule has 0 spiro atoms. The molecule has 2 aromatic carbocycles. The van der Waals surface area contributed by atoms with E-state index >= 15 is 0 Å². The molecular weight excluding hydrogens is 400 g/mol. The zero-order chi connectivity index (χ0) is 21.1. The summed E-state index contributed by atoms with van der Waals surface area (Å²) in [7, 11) is 1.60. The van der Waals surface area contributed by atoms with Gasteiger partial charge in [-0.05, 0) is 55.1 Å². The van der Waals surface area contributed by atoms with Crippen LogP contribution in [-0.4, -0.2) is 23.3 Å². The molecule has 0 aliphatic heterocycles. The van der Waals surface area contributed by atoms with Crippen LogP contribution in [0, 0.1) is 6.92 Å². The van der Waals surface area contributed by atoms with Gasteiger partial charge in [0.05, 0.1) is 7.11 Å². The number of hydrogen-bond donors (Lipinski definition) is 0. The molecule has 1 atom stereocenters. The molecule has 0 saturated heterocycles. The Balaban J connectivity index is 1.49. The normalized spacial score (nSPS) is 11.8. The molecule has 152 valence electrons. The van der Waals surface area contributed by atoms with E-state index in [2.05, 4.69) is 10.2 Å². The Labute approximate surface area is 178 Å². The van der Waals surface area contributed by atoms with E-state index in [1.807, 2.05) is 66.9 Å². The number of methoxy groups -OCH3 is 1. The number of thiophene rings is 1. The van der Waals surface area contributed by atoms with Crippen LogP contribution in [-0.2, 0) is 4.74 Å². The first-order valence-corrected chi connectivity index (χ1v) is 10.3. The third kappa shape index (κ3) is 4.11. The molecule has 0 amide bonds. The highest BCUT2D eigenvalue weighted by molar-refractivity contribution is 7.12. The van der Waals surface area contributed by atoms with E-state index < -0.39 is 12.1 Å². The molecule has 2 heterocycles. The lowest BCUT2D eigenvalue weighted by Crippen LogP contribution is -2.09. The highest BCUT2D eigenvalue weighted by Crippen LogP contribution is 2.31. The van der Waals surface area contributed by atoms with Gasteiger partial charge in [0, 0.05) is 11.1 Å². The number of esters is 1. The van der Waals surface area contributed by atoms with Crippen LogP contribution in [0.3, 0.4) is 0 Å². The minimum absolute atomic E-state index is 0.239. The summed E-state index contributed by atoms with van der Waals surface area (Å²) in [5, 5.41) is 9.98.